The molecule has 356 valence electrons. The van der Waals surface area contributed by atoms with Crippen LogP contribution in [0.2, 0.25) is 0 Å². The number of ether oxygens (including phenoxy) is 2. The van der Waals surface area contributed by atoms with E-state index in [1.165, 1.54) is 29.7 Å². The van der Waals surface area contributed by atoms with Crippen molar-refractivity contribution in [2.75, 3.05) is 18.2 Å². The third-order valence-electron chi connectivity index (χ3n) is 9.23. The number of amides is 7. The van der Waals surface area contributed by atoms with Gasteiger partial charge in [-0.3, -0.25) is 47.9 Å². The Bertz CT molecular complexity index is 1670. The number of ketones is 1. The number of nitrogens with zero attached hydrogens (tertiary/aromatic N) is 1. The molecule has 7 amide bonds. The zero-order chi connectivity index (χ0) is 48.4. The van der Waals surface area contributed by atoms with E-state index < -0.39 is 118 Å². The first-order valence-electron chi connectivity index (χ1n) is 21.4. The molecule has 1 heterocycles. The molecule has 1 saturated heterocycles. The molecule has 0 aromatic rings. The van der Waals surface area contributed by atoms with Crippen LogP contribution in [0.4, 0.5) is 0 Å². The molecular weight excluding hydrogens is 839 g/mol. The van der Waals surface area contributed by atoms with Crippen LogP contribution in [-0.2, 0) is 57.4 Å². The molecule has 1 aliphatic heterocycles. The maximum Gasteiger partial charge on any atom is 0.306 e. The Kier molecular flexibility index (Phi) is 23.1. The predicted molar refractivity (Wildman–Crippen MR) is 236 cm³/mol. The zero-order valence-electron chi connectivity index (χ0n) is 39.0. The fraction of sp³-hybridized carbons (Fsp3) is 0.721. The standard InChI is InChI=1S/C43H71N7O12S/c1-14-16-27(35(54)40(59)44-21-15-2)46-38(57)30-22-63-23-50(30)41(60)34(25(5)6)49-39(58)33(24(3)4)48-37(56)29(18-20-32(53)62-43(11,12)13)47-36(55)28(45-26(7)51)17-19-31(52)61-42(8,9)10/h15,24-25,27-30,33-34H,2,14,16-23H2,1,3-13H3,(H,44,59)(H,45,51)(H,46,57)(H,47,55)(H,48,56)(H,49,58). The molecule has 1 rings (SSSR count). The van der Waals surface area contributed by atoms with E-state index in [0.29, 0.717) is 6.42 Å². The van der Waals surface area contributed by atoms with E-state index in [2.05, 4.69) is 38.5 Å². The van der Waals surface area contributed by atoms with E-state index in [1.54, 1.807) is 76.2 Å². The topological polar surface area (TPSA) is 265 Å². The fourth-order valence-corrected chi connectivity index (χ4v) is 7.37. The molecule has 0 radical (unpaired) electrons. The van der Waals surface area contributed by atoms with Crippen LogP contribution in [-0.4, -0.2) is 130 Å². The number of hydrogen-bond donors (Lipinski definition) is 6. The van der Waals surface area contributed by atoms with E-state index in [4.69, 9.17) is 9.47 Å². The van der Waals surface area contributed by atoms with Gasteiger partial charge in [-0.25, -0.2) is 0 Å². The van der Waals surface area contributed by atoms with E-state index in [0.717, 1.165) is 0 Å². The number of thioether (sulfide) groups is 1. The zero-order valence-corrected chi connectivity index (χ0v) is 39.8. The van der Waals surface area contributed by atoms with Crippen molar-refractivity contribution in [3.8, 4) is 0 Å². The van der Waals surface area contributed by atoms with E-state index in [-0.39, 0.29) is 50.3 Å². The lowest BCUT2D eigenvalue weighted by Crippen LogP contribution is -2.61. The van der Waals surface area contributed by atoms with Crippen molar-refractivity contribution >= 4 is 70.8 Å². The summed E-state index contributed by atoms with van der Waals surface area (Å²) in [5.74, 6) is -8.02. The number of Topliss-reactive ketones (excluding diaryl/α,β-unsaturated/α-hetero) is 1. The van der Waals surface area contributed by atoms with Crippen LogP contribution in [0.25, 0.3) is 0 Å². The van der Waals surface area contributed by atoms with E-state index >= 15 is 0 Å². The van der Waals surface area contributed by atoms with Gasteiger partial charge in [0.1, 0.15) is 41.4 Å². The minimum Gasteiger partial charge on any atom is -0.460 e. The number of carbonyl (C=O) groups is 10. The van der Waals surface area contributed by atoms with Crippen LogP contribution < -0.4 is 31.9 Å². The normalized spacial score (nSPS) is 16.3. The highest BCUT2D eigenvalue weighted by Crippen LogP contribution is 2.24. The summed E-state index contributed by atoms with van der Waals surface area (Å²) in [5.41, 5.74) is -1.64. The quantitative estimate of drug-likeness (QED) is 0.0457. The number of rotatable bonds is 24. The van der Waals surface area contributed by atoms with Gasteiger partial charge in [-0.2, -0.15) is 0 Å². The first kappa shape index (κ1) is 56.0. The molecule has 6 N–H and O–H groups in total. The van der Waals surface area contributed by atoms with E-state index in [9.17, 15) is 47.9 Å². The van der Waals surface area contributed by atoms with Crippen molar-refractivity contribution in [1.29, 1.82) is 0 Å². The molecule has 6 atom stereocenters. The summed E-state index contributed by atoms with van der Waals surface area (Å²) in [6.45, 7) is 23.3. The second-order valence-corrected chi connectivity index (χ2v) is 19.1. The van der Waals surface area contributed by atoms with Crippen LogP contribution in [0.5, 0.6) is 0 Å². The van der Waals surface area contributed by atoms with Crippen LogP contribution in [0, 0.1) is 11.8 Å². The van der Waals surface area contributed by atoms with Crippen molar-refractivity contribution in [3.63, 3.8) is 0 Å². The average Bonchev–Trinajstić information content (AvgIpc) is 3.66. The van der Waals surface area contributed by atoms with Crippen LogP contribution in [0.15, 0.2) is 12.7 Å². The van der Waals surface area contributed by atoms with Gasteiger partial charge in [-0.1, -0.05) is 47.1 Å². The van der Waals surface area contributed by atoms with Gasteiger partial charge >= 0.3 is 11.9 Å². The van der Waals surface area contributed by atoms with Gasteiger partial charge < -0.3 is 46.3 Å². The molecule has 6 unspecified atom stereocenters. The first-order valence-corrected chi connectivity index (χ1v) is 22.5. The molecule has 0 aromatic carbocycles. The number of esters is 2. The number of carbonyl (C=O) groups excluding carboxylic acids is 10. The van der Waals surface area contributed by atoms with Gasteiger partial charge in [0.2, 0.25) is 41.2 Å². The lowest BCUT2D eigenvalue weighted by Gasteiger charge is -2.32. The molecule has 0 bridgehead atoms. The Hall–Kier alpha value is -5.01. The monoisotopic (exact) mass is 909 g/mol. The third-order valence-corrected chi connectivity index (χ3v) is 10.2. The highest BCUT2D eigenvalue weighted by atomic mass is 32.2. The Morgan fingerprint density at radius 3 is 1.65 bits per heavy atom. The first-order chi connectivity index (χ1) is 29.1. The Balaban J connectivity index is 3.35. The maximum absolute atomic E-state index is 14.1. The number of nitrogens with one attached hydrogen (secondary N) is 6. The van der Waals surface area contributed by atoms with Crippen molar-refractivity contribution < 1.29 is 57.4 Å². The molecule has 0 saturated carbocycles. The summed E-state index contributed by atoms with van der Waals surface area (Å²) >= 11 is 1.30. The molecule has 1 aliphatic rings. The van der Waals surface area contributed by atoms with Crippen LogP contribution in [0.3, 0.4) is 0 Å². The lowest BCUT2D eigenvalue weighted by molar-refractivity contribution is -0.156. The highest BCUT2D eigenvalue weighted by Gasteiger charge is 2.42. The van der Waals surface area contributed by atoms with Gasteiger partial charge in [0.05, 0.1) is 11.9 Å². The molecule has 1 fully saturated rings. The van der Waals surface area contributed by atoms with Gasteiger partial charge in [0.25, 0.3) is 5.91 Å². The van der Waals surface area contributed by atoms with Crippen molar-refractivity contribution in [1.82, 2.24) is 36.8 Å². The van der Waals surface area contributed by atoms with Gasteiger partial charge in [0, 0.05) is 32.1 Å². The van der Waals surface area contributed by atoms with Gasteiger partial charge in [-0.05, 0) is 72.6 Å². The largest absolute Gasteiger partial charge is 0.460 e. The second-order valence-electron chi connectivity index (χ2n) is 18.1. The van der Waals surface area contributed by atoms with Crippen molar-refractivity contribution in [2.45, 2.75) is 169 Å². The predicted octanol–water partition coefficient (Wildman–Crippen LogP) is 1.56. The molecule has 0 spiro atoms. The van der Waals surface area contributed by atoms with Gasteiger partial charge in [0.15, 0.2) is 0 Å². The minimum absolute atomic E-state index is 0.0624. The summed E-state index contributed by atoms with van der Waals surface area (Å²) in [7, 11) is 0. The SMILES string of the molecule is C=CCNC(=O)C(=O)C(CCC)NC(=O)C1CSCN1C(=O)C(NC(=O)C(NC(=O)C(CCC(=O)OC(C)(C)C)NC(=O)C(CCC(=O)OC(C)(C)C)NC(C)=O)C(C)C)C(C)C. The summed E-state index contributed by atoms with van der Waals surface area (Å²) in [6.07, 6.45) is 1.06. The maximum atomic E-state index is 14.1. The Morgan fingerprint density at radius 2 is 1.19 bits per heavy atom. The average molecular weight is 910 g/mol. The smallest absolute Gasteiger partial charge is 0.306 e. The van der Waals surface area contributed by atoms with E-state index in [1.807, 2.05) is 0 Å². The Morgan fingerprint density at radius 1 is 0.698 bits per heavy atom. The van der Waals surface area contributed by atoms with Crippen molar-refractivity contribution in [3.05, 3.63) is 12.7 Å². The summed E-state index contributed by atoms with van der Waals surface area (Å²) in [5, 5.41) is 15.5. The minimum atomic E-state index is -1.43. The second kappa shape index (κ2) is 25.9. The van der Waals surface area contributed by atoms with Crippen LogP contribution in [0.1, 0.15) is 122 Å². The van der Waals surface area contributed by atoms with Crippen molar-refractivity contribution in [2.24, 2.45) is 11.8 Å². The molecular formula is C43H71N7O12S. The van der Waals surface area contributed by atoms with Crippen LogP contribution >= 0.6 is 11.8 Å². The highest BCUT2D eigenvalue weighted by molar-refractivity contribution is 7.99. The Labute approximate surface area is 375 Å². The fourth-order valence-electron chi connectivity index (χ4n) is 6.20. The molecule has 0 aromatic heterocycles. The third kappa shape index (κ3) is 20.4. The summed E-state index contributed by atoms with van der Waals surface area (Å²) in [6, 6.07) is -7.30. The molecule has 63 heavy (non-hydrogen) atoms. The number of hydrogen-bond acceptors (Lipinski definition) is 13. The molecule has 19 nitrogen and oxygen atoms in total. The lowest BCUT2D eigenvalue weighted by atomic mass is 9.98. The van der Waals surface area contributed by atoms with Gasteiger partial charge in [-0.15, -0.1) is 18.3 Å². The summed E-state index contributed by atoms with van der Waals surface area (Å²) < 4.78 is 10.7. The molecule has 0 aliphatic carbocycles. The molecule has 20 heteroatoms. The summed E-state index contributed by atoms with van der Waals surface area (Å²) in [4.78, 5) is 133.